The van der Waals surface area contributed by atoms with Crippen LogP contribution in [-0.4, -0.2) is 40.2 Å². The number of amides is 1. The molecule has 5 N–H and O–H groups in total. The monoisotopic (exact) mass is 279 g/mol. The van der Waals surface area contributed by atoms with Gasteiger partial charge in [0.15, 0.2) is 0 Å². The minimum atomic E-state index is -1.22. The van der Waals surface area contributed by atoms with Crippen LogP contribution in [0.2, 0.25) is 0 Å². The lowest BCUT2D eigenvalue weighted by molar-refractivity contribution is -0.125. The molecule has 0 aliphatic heterocycles. The van der Waals surface area contributed by atoms with Crippen molar-refractivity contribution >= 4 is 17.5 Å². The molecule has 1 heterocycles. The SMILES string of the molecule is CCCNc1cc(NCC(O)C(N)=O)nc(C2CC2)n1. The van der Waals surface area contributed by atoms with Gasteiger partial charge in [0.25, 0.3) is 0 Å². The van der Waals surface area contributed by atoms with Gasteiger partial charge < -0.3 is 21.5 Å². The normalized spacial score (nSPS) is 15.7. The Morgan fingerprint density at radius 3 is 2.65 bits per heavy atom. The van der Waals surface area contributed by atoms with Crippen LogP contribution >= 0.6 is 0 Å². The van der Waals surface area contributed by atoms with Gasteiger partial charge in [-0.2, -0.15) is 0 Å². The molecule has 2 rings (SSSR count). The van der Waals surface area contributed by atoms with Crippen LogP contribution in [0.25, 0.3) is 0 Å². The van der Waals surface area contributed by atoms with E-state index >= 15 is 0 Å². The average molecular weight is 279 g/mol. The maximum absolute atomic E-state index is 10.8. The summed E-state index contributed by atoms with van der Waals surface area (Å²) < 4.78 is 0. The van der Waals surface area contributed by atoms with Crippen molar-refractivity contribution in [3.8, 4) is 0 Å². The minimum Gasteiger partial charge on any atom is -0.381 e. The first kappa shape index (κ1) is 14.5. The molecular formula is C13H21N5O2. The standard InChI is InChI=1S/C13H21N5O2/c1-2-5-15-10-6-11(16-7-9(19)12(14)20)18-13(17-10)8-3-4-8/h6,8-9,19H,2-5,7H2,1H3,(H2,14,20)(H2,15,16,17,18). The Kier molecular flexibility index (Phi) is 4.73. The highest BCUT2D eigenvalue weighted by molar-refractivity contribution is 5.79. The van der Waals surface area contributed by atoms with Gasteiger partial charge in [-0.05, 0) is 19.3 Å². The van der Waals surface area contributed by atoms with Gasteiger partial charge in [0, 0.05) is 18.5 Å². The van der Waals surface area contributed by atoms with Gasteiger partial charge in [0.05, 0.1) is 6.54 Å². The van der Waals surface area contributed by atoms with E-state index in [0.29, 0.717) is 11.7 Å². The maximum Gasteiger partial charge on any atom is 0.248 e. The molecule has 7 nitrogen and oxygen atoms in total. The third-order valence-corrected chi connectivity index (χ3v) is 3.05. The molecule has 1 fully saturated rings. The summed E-state index contributed by atoms with van der Waals surface area (Å²) in [6.07, 6.45) is 2.01. The number of rotatable bonds is 8. The summed E-state index contributed by atoms with van der Waals surface area (Å²) >= 11 is 0. The van der Waals surface area contributed by atoms with Crippen molar-refractivity contribution in [3.63, 3.8) is 0 Å². The summed E-state index contributed by atoms with van der Waals surface area (Å²) in [6, 6.07) is 1.77. The van der Waals surface area contributed by atoms with E-state index < -0.39 is 12.0 Å². The van der Waals surface area contributed by atoms with E-state index in [9.17, 15) is 9.90 Å². The number of nitrogens with zero attached hydrogens (tertiary/aromatic N) is 2. The Bertz CT molecular complexity index is 476. The van der Waals surface area contributed by atoms with Gasteiger partial charge in [0.1, 0.15) is 23.6 Å². The third kappa shape index (κ3) is 4.06. The number of nitrogens with one attached hydrogen (secondary N) is 2. The number of hydrogen-bond acceptors (Lipinski definition) is 6. The molecule has 0 saturated heterocycles. The largest absolute Gasteiger partial charge is 0.381 e. The van der Waals surface area contributed by atoms with Crippen LogP contribution in [0.5, 0.6) is 0 Å². The van der Waals surface area contributed by atoms with Crippen LogP contribution in [0.3, 0.4) is 0 Å². The molecule has 7 heteroatoms. The van der Waals surface area contributed by atoms with Crippen molar-refractivity contribution in [2.45, 2.75) is 38.2 Å². The lowest BCUT2D eigenvalue weighted by Crippen LogP contribution is -2.34. The van der Waals surface area contributed by atoms with Crippen molar-refractivity contribution in [1.29, 1.82) is 0 Å². The van der Waals surface area contributed by atoms with Gasteiger partial charge in [-0.15, -0.1) is 0 Å². The first-order valence-corrected chi connectivity index (χ1v) is 6.94. The number of carbonyl (C=O) groups is 1. The number of anilines is 2. The topological polar surface area (TPSA) is 113 Å². The predicted molar refractivity (Wildman–Crippen MR) is 76.5 cm³/mol. The van der Waals surface area contributed by atoms with E-state index in [-0.39, 0.29) is 6.54 Å². The van der Waals surface area contributed by atoms with Gasteiger partial charge in [0.2, 0.25) is 5.91 Å². The molecule has 0 aromatic carbocycles. The zero-order valence-electron chi connectivity index (χ0n) is 11.6. The zero-order chi connectivity index (χ0) is 14.5. The predicted octanol–water partition coefficient (Wildman–Crippen LogP) is 0.434. The Hall–Kier alpha value is -1.89. The Morgan fingerprint density at radius 2 is 2.10 bits per heavy atom. The number of hydrogen-bond donors (Lipinski definition) is 4. The molecule has 1 aliphatic rings. The van der Waals surface area contributed by atoms with Gasteiger partial charge in [-0.25, -0.2) is 9.97 Å². The van der Waals surface area contributed by atoms with Crippen LogP contribution < -0.4 is 16.4 Å². The highest BCUT2D eigenvalue weighted by Gasteiger charge is 2.27. The second kappa shape index (κ2) is 6.51. The fourth-order valence-corrected chi connectivity index (χ4v) is 1.73. The molecule has 1 aromatic heterocycles. The lowest BCUT2D eigenvalue weighted by Gasteiger charge is -2.12. The quantitative estimate of drug-likeness (QED) is 0.549. The molecule has 1 aromatic rings. The number of aromatic nitrogens is 2. The Morgan fingerprint density at radius 1 is 1.45 bits per heavy atom. The van der Waals surface area contributed by atoms with Gasteiger partial charge in [-0.1, -0.05) is 6.92 Å². The maximum atomic E-state index is 10.8. The summed E-state index contributed by atoms with van der Waals surface area (Å²) in [4.78, 5) is 19.7. The number of nitrogens with two attached hydrogens (primary N) is 1. The summed E-state index contributed by atoms with van der Waals surface area (Å²) in [7, 11) is 0. The lowest BCUT2D eigenvalue weighted by atomic mass is 10.3. The van der Waals surface area contributed by atoms with Crippen LogP contribution in [0.1, 0.15) is 37.9 Å². The van der Waals surface area contributed by atoms with Crippen LogP contribution in [0.4, 0.5) is 11.6 Å². The highest BCUT2D eigenvalue weighted by atomic mass is 16.3. The summed E-state index contributed by atoms with van der Waals surface area (Å²) in [5.41, 5.74) is 5.01. The average Bonchev–Trinajstić information content (AvgIpc) is 3.26. The fourth-order valence-electron chi connectivity index (χ4n) is 1.73. The summed E-state index contributed by atoms with van der Waals surface area (Å²) in [5, 5.41) is 15.5. The van der Waals surface area contributed by atoms with Crippen LogP contribution in [0, 0.1) is 0 Å². The number of aliphatic hydroxyl groups is 1. The number of carbonyl (C=O) groups excluding carboxylic acids is 1. The molecule has 0 bridgehead atoms. The van der Waals surface area contributed by atoms with Gasteiger partial charge >= 0.3 is 0 Å². The molecule has 20 heavy (non-hydrogen) atoms. The van der Waals surface area contributed by atoms with Crippen molar-refractivity contribution in [1.82, 2.24) is 9.97 Å². The summed E-state index contributed by atoms with van der Waals surface area (Å²) in [5.74, 6) is 1.85. The first-order valence-electron chi connectivity index (χ1n) is 6.94. The van der Waals surface area contributed by atoms with Crippen molar-refractivity contribution in [3.05, 3.63) is 11.9 Å². The molecule has 110 valence electrons. The summed E-state index contributed by atoms with van der Waals surface area (Å²) in [6.45, 7) is 2.96. The second-order valence-electron chi connectivity index (χ2n) is 5.00. The van der Waals surface area contributed by atoms with E-state index in [1.807, 2.05) is 0 Å². The molecule has 1 amide bonds. The molecule has 1 unspecified atom stereocenters. The van der Waals surface area contributed by atoms with Crippen molar-refractivity contribution < 1.29 is 9.90 Å². The highest BCUT2D eigenvalue weighted by Crippen LogP contribution is 2.38. The van der Waals surface area contributed by atoms with E-state index in [1.165, 1.54) is 0 Å². The van der Waals surface area contributed by atoms with Crippen LogP contribution in [-0.2, 0) is 4.79 Å². The smallest absolute Gasteiger partial charge is 0.248 e. The van der Waals surface area contributed by atoms with E-state index in [4.69, 9.17) is 5.73 Å². The number of primary amides is 1. The number of aliphatic hydroxyl groups excluding tert-OH is 1. The van der Waals surface area contributed by atoms with E-state index in [2.05, 4.69) is 27.5 Å². The molecular weight excluding hydrogens is 258 g/mol. The zero-order valence-corrected chi connectivity index (χ0v) is 11.6. The second-order valence-corrected chi connectivity index (χ2v) is 5.00. The molecule has 1 atom stereocenters. The first-order chi connectivity index (χ1) is 9.60. The van der Waals surface area contributed by atoms with E-state index in [1.54, 1.807) is 6.07 Å². The molecule has 1 aliphatic carbocycles. The van der Waals surface area contributed by atoms with Gasteiger partial charge in [-0.3, -0.25) is 4.79 Å². The van der Waals surface area contributed by atoms with E-state index in [0.717, 1.165) is 37.4 Å². The molecule has 0 spiro atoms. The van der Waals surface area contributed by atoms with Crippen LogP contribution in [0.15, 0.2) is 6.07 Å². The van der Waals surface area contributed by atoms with Crippen molar-refractivity contribution in [2.75, 3.05) is 23.7 Å². The molecule has 1 saturated carbocycles. The fraction of sp³-hybridized carbons (Fsp3) is 0.615. The molecule has 0 radical (unpaired) electrons. The Balaban J connectivity index is 2.05. The van der Waals surface area contributed by atoms with Crippen molar-refractivity contribution in [2.24, 2.45) is 5.73 Å². The third-order valence-electron chi connectivity index (χ3n) is 3.05. The minimum absolute atomic E-state index is 0.0453. The Labute approximate surface area is 118 Å².